The third-order valence-corrected chi connectivity index (χ3v) is 10.3. The van der Waals surface area contributed by atoms with E-state index >= 15 is 8.78 Å². The molecule has 18 heteroatoms. The fourth-order valence-electron chi connectivity index (χ4n) is 6.64. The molecule has 0 radical (unpaired) electrons. The average molecular weight is 933 g/mol. The summed E-state index contributed by atoms with van der Waals surface area (Å²) in [5.74, 6) is -6.28. The van der Waals surface area contributed by atoms with Gasteiger partial charge < -0.3 is 28.4 Å². The van der Waals surface area contributed by atoms with Gasteiger partial charge in [-0.2, -0.15) is 26.3 Å². The van der Waals surface area contributed by atoms with Crippen LogP contribution < -0.4 is 18.9 Å². The maximum absolute atomic E-state index is 15.0. The first-order valence-corrected chi connectivity index (χ1v) is 20.7. The normalized spacial score (nSPS) is 12.1. The zero-order valence-corrected chi connectivity index (χ0v) is 35.5. The van der Waals surface area contributed by atoms with Crippen LogP contribution >= 0.6 is 0 Å². The van der Waals surface area contributed by atoms with E-state index in [4.69, 9.17) is 18.9 Å². The molecule has 0 aromatic heterocycles. The van der Waals surface area contributed by atoms with Gasteiger partial charge in [0.05, 0.1) is 37.6 Å². The SMILES string of the molecule is C=C(C(=O)OCCCCCCOc1ccc(C(=O)Oc2ccc3c(c2)C(C)c2cc(OC(=O)c4ccc(OCCCCCCOC(=O)C(=C)C(F)(F)F)cc4F)ccc2-3)c(F)c1)C(F)(F)F. The van der Waals surface area contributed by atoms with Gasteiger partial charge in [0, 0.05) is 18.1 Å². The number of benzene rings is 4. The van der Waals surface area contributed by atoms with Crippen molar-refractivity contribution >= 4 is 23.9 Å². The molecule has 0 bridgehead atoms. The van der Waals surface area contributed by atoms with Crippen LogP contribution in [0.1, 0.15) is 96.1 Å². The fourth-order valence-corrected chi connectivity index (χ4v) is 6.64. The van der Waals surface area contributed by atoms with Crippen molar-refractivity contribution in [1.82, 2.24) is 0 Å². The number of carbonyl (C=O) groups excluding carboxylic acids is 4. The summed E-state index contributed by atoms with van der Waals surface area (Å²) in [5, 5.41) is 0. The molecule has 0 amide bonds. The smallest absolute Gasteiger partial charge is 0.422 e. The minimum atomic E-state index is -4.85. The molecule has 5 rings (SSSR count). The molecule has 0 saturated heterocycles. The second-order valence-corrected chi connectivity index (χ2v) is 15.0. The Bertz CT molecular complexity index is 2280. The third-order valence-electron chi connectivity index (χ3n) is 10.3. The van der Waals surface area contributed by atoms with Crippen LogP contribution in [0, 0.1) is 11.6 Å². The first-order chi connectivity index (χ1) is 31.2. The quantitative estimate of drug-likeness (QED) is 0.0247. The Morgan fingerprint density at radius 1 is 0.500 bits per heavy atom. The monoisotopic (exact) mass is 932 g/mol. The lowest BCUT2D eigenvalue weighted by molar-refractivity contribution is -0.152. The molecule has 0 atom stereocenters. The van der Waals surface area contributed by atoms with Crippen LogP contribution in [0.4, 0.5) is 35.1 Å². The van der Waals surface area contributed by atoms with Crippen LogP contribution in [0.15, 0.2) is 97.1 Å². The number of ether oxygens (including phenoxy) is 6. The highest BCUT2D eigenvalue weighted by atomic mass is 19.4. The number of hydrogen-bond acceptors (Lipinski definition) is 10. The van der Waals surface area contributed by atoms with Gasteiger partial charge in [0.2, 0.25) is 0 Å². The second-order valence-electron chi connectivity index (χ2n) is 15.0. The number of fused-ring (bicyclic) bond motifs is 3. The van der Waals surface area contributed by atoms with E-state index in [0.717, 1.165) is 34.4 Å². The van der Waals surface area contributed by atoms with Crippen molar-refractivity contribution < 1.29 is 82.7 Å². The zero-order chi connectivity index (χ0) is 48.2. The summed E-state index contributed by atoms with van der Waals surface area (Å²) in [7, 11) is 0. The molecule has 1 aliphatic rings. The first-order valence-electron chi connectivity index (χ1n) is 20.7. The predicted octanol–water partition coefficient (Wildman–Crippen LogP) is 11.7. The number of unbranched alkanes of at least 4 members (excludes halogenated alkanes) is 6. The molecule has 4 aromatic carbocycles. The summed E-state index contributed by atoms with van der Waals surface area (Å²) in [6, 6.07) is 17.3. The maximum atomic E-state index is 15.0. The number of halogens is 8. The lowest BCUT2D eigenvalue weighted by atomic mass is 9.99. The number of alkyl halides is 6. The highest BCUT2D eigenvalue weighted by Gasteiger charge is 2.39. The van der Waals surface area contributed by atoms with Gasteiger partial charge in [-0.1, -0.05) is 32.2 Å². The Labute approximate surface area is 374 Å². The summed E-state index contributed by atoms with van der Waals surface area (Å²) in [5.41, 5.74) is -0.567. The number of rotatable bonds is 22. The molecule has 1 aliphatic carbocycles. The van der Waals surface area contributed by atoms with E-state index in [0.29, 0.717) is 51.4 Å². The highest BCUT2D eigenvalue weighted by molar-refractivity contribution is 5.93. The summed E-state index contributed by atoms with van der Waals surface area (Å²) in [6.45, 7) is 7.25. The summed E-state index contributed by atoms with van der Waals surface area (Å²) >= 11 is 0. The van der Waals surface area contributed by atoms with E-state index in [9.17, 15) is 45.5 Å². The van der Waals surface area contributed by atoms with E-state index in [-0.39, 0.29) is 66.5 Å². The molecule has 4 aromatic rings. The Morgan fingerprint density at radius 2 is 0.848 bits per heavy atom. The largest absolute Gasteiger partial charge is 0.493 e. The van der Waals surface area contributed by atoms with Crippen molar-refractivity contribution in [2.75, 3.05) is 26.4 Å². The van der Waals surface area contributed by atoms with Crippen LogP contribution in [0.5, 0.6) is 23.0 Å². The first kappa shape index (κ1) is 50.3. The van der Waals surface area contributed by atoms with Gasteiger partial charge in [0.25, 0.3) is 0 Å². The minimum absolute atomic E-state index is 0.158. The lowest BCUT2D eigenvalue weighted by Crippen LogP contribution is -2.21. The number of hydrogen-bond donors (Lipinski definition) is 0. The molecule has 0 unspecified atom stereocenters. The Hall–Kier alpha value is -6.72. The standard InChI is InChI=1S/C48H44F8O10/c1-28-39-24-33(65-45(59)37-18-12-31(26-41(37)49)61-20-8-4-6-10-22-63-43(57)29(2)47(51,52)53)14-16-35(39)36-17-15-34(25-40(28)36)66-46(60)38-19-13-32(27-42(38)50)62-21-9-5-7-11-23-64-44(58)30(3)48(54,55)56/h12-19,24-28H,2-11,20-23H2,1H3. The Kier molecular flexibility index (Phi) is 17.1. The molecule has 0 spiro atoms. The van der Waals surface area contributed by atoms with Crippen molar-refractivity contribution in [2.24, 2.45) is 0 Å². The maximum Gasteiger partial charge on any atom is 0.422 e. The molecule has 66 heavy (non-hydrogen) atoms. The van der Waals surface area contributed by atoms with Gasteiger partial charge in [0.1, 0.15) is 45.8 Å². The summed E-state index contributed by atoms with van der Waals surface area (Å²) in [6.07, 6.45) is -5.72. The van der Waals surface area contributed by atoms with Gasteiger partial charge in [-0.25, -0.2) is 28.0 Å². The van der Waals surface area contributed by atoms with Crippen molar-refractivity contribution in [2.45, 2.75) is 76.6 Å². The summed E-state index contributed by atoms with van der Waals surface area (Å²) < 4.78 is 136. The average Bonchev–Trinajstić information content (AvgIpc) is 3.53. The van der Waals surface area contributed by atoms with Crippen LogP contribution in [0.2, 0.25) is 0 Å². The van der Waals surface area contributed by atoms with E-state index in [1.54, 1.807) is 36.4 Å². The predicted molar refractivity (Wildman–Crippen MR) is 222 cm³/mol. The third kappa shape index (κ3) is 13.7. The Morgan fingerprint density at radius 3 is 1.20 bits per heavy atom. The van der Waals surface area contributed by atoms with Crippen molar-refractivity contribution in [3.8, 4) is 34.1 Å². The van der Waals surface area contributed by atoms with Gasteiger partial charge in [-0.05, 0) is 122 Å². The Balaban J connectivity index is 1.04. The zero-order valence-electron chi connectivity index (χ0n) is 35.5. The van der Waals surface area contributed by atoms with Crippen molar-refractivity contribution in [3.05, 3.63) is 131 Å². The molecule has 0 fully saturated rings. The van der Waals surface area contributed by atoms with E-state index in [2.05, 4.69) is 22.6 Å². The molecular formula is C48H44F8O10. The van der Waals surface area contributed by atoms with Gasteiger partial charge in [0.15, 0.2) is 0 Å². The molecule has 0 heterocycles. The van der Waals surface area contributed by atoms with Crippen LogP contribution in [-0.4, -0.2) is 62.7 Å². The van der Waals surface area contributed by atoms with Crippen LogP contribution in [-0.2, 0) is 19.1 Å². The summed E-state index contributed by atoms with van der Waals surface area (Å²) in [4.78, 5) is 48.7. The molecule has 10 nitrogen and oxygen atoms in total. The second kappa shape index (κ2) is 22.5. The molecule has 0 saturated carbocycles. The van der Waals surface area contributed by atoms with Crippen LogP contribution in [0.25, 0.3) is 11.1 Å². The van der Waals surface area contributed by atoms with Crippen molar-refractivity contribution in [1.29, 1.82) is 0 Å². The molecule has 0 aliphatic heterocycles. The van der Waals surface area contributed by atoms with Crippen LogP contribution in [0.3, 0.4) is 0 Å². The van der Waals surface area contributed by atoms with E-state index < -0.39 is 59.0 Å². The topological polar surface area (TPSA) is 124 Å². The van der Waals surface area contributed by atoms with Crippen molar-refractivity contribution in [3.63, 3.8) is 0 Å². The minimum Gasteiger partial charge on any atom is -0.493 e. The van der Waals surface area contributed by atoms with Gasteiger partial charge in [-0.15, -0.1) is 0 Å². The van der Waals surface area contributed by atoms with E-state index in [1.807, 2.05) is 6.92 Å². The molecular weight excluding hydrogens is 889 g/mol. The van der Waals surface area contributed by atoms with E-state index in [1.165, 1.54) is 24.3 Å². The molecule has 352 valence electrons. The van der Waals surface area contributed by atoms with Gasteiger partial charge >= 0.3 is 36.2 Å². The van der Waals surface area contributed by atoms with Gasteiger partial charge in [-0.3, -0.25) is 0 Å². The number of esters is 4. The lowest BCUT2D eigenvalue weighted by Gasteiger charge is -2.11. The molecule has 0 N–H and O–H groups in total. The highest BCUT2D eigenvalue weighted by Crippen LogP contribution is 2.47. The number of carbonyl (C=O) groups is 4. The fraction of sp³-hybridized carbons (Fsp3) is 0.333.